The first-order valence-corrected chi connectivity index (χ1v) is 6.79. The van der Waals surface area contributed by atoms with Gasteiger partial charge in [0.25, 0.3) is 0 Å². The normalized spacial score (nSPS) is 10.2. The van der Waals surface area contributed by atoms with Crippen molar-refractivity contribution in [2.75, 3.05) is 0 Å². The molecule has 2 aromatic rings. The number of rotatable bonds is 4. The zero-order valence-corrected chi connectivity index (χ0v) is 12.4. The molecule has 0 fully saturated rings. The fraction of sp³-hybridized carbons (Fsp3) is 0.286. The lowest BCUT2D eigenvalue weighted by molar-refractivity contribution is 0.291. The van der Waals surface area contributed by atoms with Crippen molar-refractivity contribution in [3.63, 3.8) is 0 Å². The van der Waals surface area contributed by atoms with Crippen molar-refractivity contribution >= 4 is 15.9 Å². The number of halogens is 1. The summed E-state index contributed by atoms with van der Waals surface area (Å²) in [5.74, 6) is 0.743. The molecule has 0 bridgehead atoms. The Morgan fingerprint density at radius 2 is 2.05 bits per heavy atom. The van der Waals surface area contributed by atoms with Gasteiger partial charge in [0.2, 0.25) is 0 Å². The van der Waals surface area contributed by atoms with E-state index in [0.29, 0.717) is 12.2 Å². The lowest BCUT2D eigenvalue weighted by atomic mass is 10.2. The van der Waals surface area contributed by atoms with Gasteiger partial charge >= 0.3 is 0 Å². The molecule has 5 heteroatoms. The highest BCUT2D eigenvalue weighted by Gasteiger charge is 2.12. The number of nitrogens with zero attached hydrogens (tertiary/aromatic N) is 3. The van der Waals surface area contributed by atoms with E-state index in [1.165, 1.54) is 0 Å². The molecule has 98 valence electrons. The Morgan fingerprint density at radius 3 is 2.63 bits per heavy atom. The maximum absolute atomic E-state index is 8.74. The molecule has 0 radical (unpaired) electrons. The molecular weight excluding hydrogens is 306 g/mol. The second-order valence-corrected chi connectivity index (χ2v) is 4.88. The van der Waals surface area contributed by atoms with Crippen molar-refractivity contribution in [1.82, 2.24) is 9.78 Å². The van der Waals surface area contributed by atoms with E-state index in [4.69, 9.17) is 10.00 Å². The van der Waals surface area contributed by atoms with Crippen molar-refractivity contribution in [3.05, 3.63) is 45.7 Å². The molecule has 0 saturated carbocycles. The Balaban J connectivity index is 2.12. The van der Waals surface area contributed by atoms with Gasteiger partial charge in [-0.15, -0.1) is 0 Å². The highest BCUT2D eigenvalue weighted by atomic mass is 79.9. The van der Waals surface area contributed by atoms with Gasteiger partial charge in [-0.1, -0.05) is 0 Å². The first kappa shape index (κ1) is 13.6. The smallest absolute Gasteiger partial charge is 0.131 e. The molecule has 0 atom stereocenters. The van der Waals surface area contributed by atoms with Crippen LogP contribution in [-0.2, 0) is 13.2 Å². The SMILES string of the molecule is CCn1nc(C)c(Br)c1COc1ccc(C#N)cc1. The van der Waals surface area contributed by atoms with Crippen LogP contribution in [-0.4, -0.2) is 9.78 Å². The standard InChI is InChI=1S/C14H14BrN3O/c1-3-18-13(14(15)10(2)17-18)9-19-12-6-4-11(8-16)5-7-12/h4-7H,3,9H2,1-2H3. The molecule has 0 N–H and O–H groups in total. The fourth-order valence-electron chi connectivity index (χ4n) is 1.78. The molecule has 1 heterocycles. The third kappa shape index (κ3) is 2.96. The molecule has 0 aliphatic carbocycles. The summed E-state index contributed by atoms with van der Waals surface area (Å²) in [6, 6.07) is 9.16. The van der Waals surface area contributed by atoms with Gasteiger partial charge in [-0.2, -0.15) is 10.4 Å². The predicted molar refractivity (Wildman–Crippen MR) is 75.8 cm³/mol. The molecule has 0 unspecified atom stereocenters. The molecule has 2 rings (SSSR count). The Hall–Kier alpha value is -1.80. The van der Waals surface area contributed by atoms with Gasteiger partial charge in [0.05, 0.1) is 27.5 Å². The van der Waals surface area contributed by atoms with Gasteiger partial charge < -0.3 is 4.74 Å². The van der Waals surface area contributed by atoms with Crippen molar-refractivity contribution in [2.45, 2.75) is 27.0 Å². The quantitative estimate of drug-likeness (QED) is 0.867. The summed E-state index contributed by atoms with van der Waals surface area (Å²) in [6.07, 6.45) is 0. The predicted octanol–water partition coefficient (Wildman–Crippen LogP) is 3.42. The van der Waals surface area contributed by atoms with Crippen LogP contribution in [0.1, 0.15) is 23.9 Å². The van der Waals surface area contributed by atoms with Crippen molar-refractivity contribution in [1.29, 1.82) is 5.26 Å². The summed E-state index contributed by atoms with van der Waals surface area (Å²) in [6.45, 7) is 5.26. The van der Waals surface area contributed by atoms with Crippen molar-refractivity contribution < 1.29 is 4.74 Å². The van der Waals surface area contributed by atoms with Crippen LogP contribution in [0.3, 0.4) is 0 Å². The average molecular weight is 320 g/mol. The Kier molecular flexibility index (Phi) is 4.23. The van der Waals surface area contributed by atoms with Crippen molar-refractivity contribution in [2.24, 2.45) is 0 Å². The second kappa shape index (κ2) is 5.89. The summed E-state index contributed by atoms with van der Waals surface area (Å²) < 4.78 is 8.64. The van der Waals surface area contributed by atoms with Crippen molar-refractivity contribution in [3.8, 4) is 11.8 Å². The van der Waals surface area contributed by atoms with Gasteiger partial charge in [0.1, 0.15) is 12.4 Å². The number of nitriles is 1. The second-order valence-electron chi connectivity index (χ2n) is 4.09. The van der Waals surface area contributed by atoms with Gasteiger partial charge in [0.15, 0.2) is 0 Å². The van der Waals surface area contributed by atoms with E-state index in [1.807, 2.05) is 18.5 Å². The Labute approximate surface area is 120 Å². The summed E-state index contributed by atoms with van der Waals surface area (Å²) in [4.78, 5) is 0. The van der Waals surface area contributed by atoms with Crippen LogP contribution >= 0.6 is 15.9 Å². The highest BCUT2D eigenvalue weighted by Crippen LogP contribution is 2.23. The van der Waals surface area contributed by atoms with Crippen LogP contribution in [0, 0.1) is 18.3 Å². The van der Waals surface area contributed by atoms with Crippen LogP contribution in [0.4, 0.5) is 0 Å². The van der Waals surface area contributed by atoms with Gasteiger partial charge in [-0.05, 0) is 54.0 Å². The first-order valence-electron chi connectivity index (χ1n) is 6.00. The molecule has 0 aliphatic heterocycles. The molecule has 1 aromatic heterocycles. The molecule has 1 aromatic carbocycles. The van der Waals surface area contributed by atoms with E-state index in [1.54, 1.807) is 24.3 Å². The van der Waals surface area contributed by atoms with E-state index in [2.05, 4.69) is 27.1 Å². The van der Waals surface area contributed by atoms with Crippen LogP contribution in [0.25, 0.3) is 0 Å². The maximum Gasteiger partial charge on any atom is 0.131 e. The third-order valence-corrected chi connectivity index (χ3v) is 3.84. The summed E-state index contributed by atoms with van der Waals surface area (Å²) in [5.41, 5.74) is 2.60. The third-order valence-electron chi connectivity index (χ3n) is 2.81. The van der Waals surface area contributed by atoms with Crippen LogP contribution in [0.2, 0.25) is 0 Å². The molecule has 0 saturated heterocycles. The zero-order chi connectivity index (χ0) is 13.8. The number of benzene rings is 1. The van der Waals surface area contributed by atoms with E-state index in [9.17, 15) is 0 Å². The molecular formula is C14H14BrN3O. The fourth-order valence-corrected chi connectivity index (χ4v) is 2.18. The first-order chi connectivity index (χ1) is 9.15. The largest absolute Gasteiger partial charge is 0.487 e. The number of aromatic nitrogens is 2. The number of hydrogen-bond acceptors (Lipinski definition) is 3. The van der Waals surface area contributed by atoms with Gasteiger partial charge in [-0.25, -0.2) is 0 Å². The number of ether oxygens (including phenoxy) is 1. The van der Waals surface area contributed by atoms with Crippen LogP contribution in [0.5, 0.6) is 5.75 Å². The van der Waals surface area contributed by atoms with E-state index in [-0.39, 0.29) is 0 Å². The maximum atomic E-state index is 8.74. The number of hydrogen-bond donors (Lipinski definition) is 0. The lowest BCUT2D eigenvalue weighted by Gasteiger charge is -2.08. The van der Waals surface area contributed by atoms with Gasteiger partial charge in [0, 0.05) is 6.54 Å². The monoisotopic (exact) mass is 319 g/mol. The molecule has 0 amide bonds. The highest BCUT2D eigenvalue weighted by molar-refractivity contribution is 9.10. The molecule has 0 aliphatic rings. The topological polar surface area (TPSA) is 50.8 Å². The molecule has 19 heavy (non-hydrogen) atoms. The van der Waals surface area contributed by atoms with Crippen LogP contribution in [0.15, 0.2) is 28.7 Å². The average Bonchev–Trinajstić information content (AvgIpc) is 2.72. The summed E-state index contributed by atoms with van der Waals surface area (Å²) >= 11 is 3.53. The minimum absolute atomic E-state index is 0.446. The summed E-state index contributed by atoms with van der Waals surface area (Å²) in [5, 5.41) is 13.2. The Morgan fingerprint density at radius 1 is 1.37 bits per heavy atom. The zero-order valence-electron chi connectivity index (χ0n) is 10.9. The van der Waals surface area contributed by atoms with Gasteiger partial charge in [-0.3, -0.25) is 4.68 Å². The molecule has 0 spiro atoms. The number of aryl methyl sites for hydroxylation is 2. The Bertz CT molecular complexity index is 611. The molecule has 4 nitrogen and oxygen atoms in total. The summed E-state index contributed by atoms with van der Waals surface area (Å²) in [7, 11) is 0. The van der Waals surface area contributed by atoms with E-state index < -0.39 is 0 Å². The minimum atomic E-state index is 0.446. The van der Waals surface area contributed by atoms with Crippen LogP contribution < -0.4 is 4.74 Å². The lowest BCUT2D eigenvalue weighted by Crippen LogP contribution is -2.06. The van der Waals surface area contributed by atoms with E-state index in [0.717, 1.165) is 28.2 Å². The van der Waals surface area contributed by atoms with E-state index >= 15 is 0 Å². The minimum Gasteiger partial charge on any atom is -0.487 e.